The molecular formula is C14H11BrN2O2. The van der Waals surface area contributed by atoms with E-state index in [9.17, 15) is 4.79 Å². The smallest absolute Gasteiger partial charge is 0.237 e. The number of hydrogen-bond donors (Lipinski definition) is 0. The van der Waals surface area contributed by atoms with Crippen molar-refractivity contribution in [1.82, 2.24) is 9.97 Å². The number of halogens is 1. The Balaban J connectivity index is 1.87. The van der Waals surface area contributed by atoms with Gasteiger partial charge in [0.25, 0.3) is 0 Å². The molecule has 1 saturated carbocycles. The minimum absolute atomic E-state index is 0.00501. The van der Waals surface area contributed by atoms with Crippen molar-refractivity contribution in [2.24, 2.45) is 5.92 Å². The standard InChI is InChI=1S/C14H11BrN2O2/c15-11-8-16-13(12(18)9-6-7-9)17-14(11)19-10-4-2-1-3-5-10/h1-5,8-9H,6-7H2. The van der Waals surface area contributed by atoms with Crippen molar-refractivity contribution in [3.63, 3.8) is 0 Å². The molecule has 3 rings (SSSR count). The molecule has 1 aromatic heterocycles. The average molecular weight is 319 g/mol. The van der Waals surface area contributed by atoms with E-state index in [1.165, 1.54) is 0 Å². The number of ketones is 1. The molecule has 0 spiro atoms. The van der Waals surface area contributed by atoms with Crippen LogP contribution in [0.2, 0.25) is 0 Å². The zero-order valence-electron chi connectivity index (χ0n) is 10.0. The molecule has 0 atom stereocenters. The zero-order chi connectivity index (χ0) is 13.2. The molecule has 0 radical (unpaired) electrons. The van der Waals surface area contributed by atoms with Crippen LogP contribution in [-0.2, 0) is 0 Å². The predicted molar refractivity (Wildman–Crippen MR) is 73.3 cm³/mol. The van der Waals surface area contributed by atoms with Crippen LogP contribution in [0.25, 0.3) is 0 Å². The molecule has 0 amide bonds. The highest BCUT2D eigenvalue weighted by Crippen LogP contribution is 2.33. The van der Waals surface area contributed by atoms with Crippen molar-refractivity contribution in [2.75, 3.05) is 0 Å². The van der Waals surface area contributed by atoms with Gasteiger partial charge in [0.15, 0.2) is 5.82 Å². The fourth-order valence-electron chi connectivity index (χ4n) is 1.67. The van der Waals surface area contributed by atoms with E-state index in [4.69, 9.17) is 4.74 Å². The maximum Gasteiger partial charge on any atom is 0.237 e. The van der Waals surface area contributed by atoms with E-state index in [0.29, 0.717) is 16.1 Å². The number of carbonyl (C=O) groups excluding carboxylic acids is 1. The first-order chi connectivity index (χ1) is 9.24. The summed E-state index contributed by atoms with van der Waals surface area (Å²) in [6.07, 6.45) is 3.43. The molecular weight excluding hydrogens is 308 g/mol. The topological polar surface area (TPSA) is 52.1 Å². The van der Waals surface area contributed by atoms with Gasteiger partial charge in [0.05, 0.1) is 4.47 Å². The third kappa shape index (κ3) is 2.81. The van der Waals surface area contributed by atoms with Crippen molar-refractivity contribution in [3.05, 3.63) is 46.8 Å². The number of Topliss-reactive ketones (excluding diaryl/α,β-unsaturated/α-hetero) is 1. The molecule has 1 aliphatic carbocycles. The van der Waals surface area contributed by atoms with Gasteiger partial charge in [-0.05, 0) is 40.9 Å². The zero-order valence-corrected chi connectivity index (χ0v) is 11.6. The fourth-order valence-corrected chi connectivity index (χ4v) is 1.94. The van der Waals surface area contributed by atoms with Crippen molar-refractivity contribution >= 4 is 21.7 Å². The van der Waals surface area contributed by atoms with Crippen LogP contribution in [0, 0.1) is 5.92 Å². The number of rotatable bonds is 4. The second-order valence-corrected chi connectivity index (χ2v) is 5.25. The minimum atomic E-state index is 0.00501. The number of aromatic nitrogens is 2. The van der Waals surface area contributed by atoms with Gasteiger partial charge >= 0.3 is 0 Å². The molecule has 1 aromatic carbocycles. The Labute approximate surface area is 119 Å². The molecule has 0 N–H and O–H groups in total. The van der Waals surface area contributed by atoms with Crippen molar-refractivity contribution in [3.8, 4) is 11.6 Å². The Morgan fingerprint density at radius 2 is 2.00 bits per heavy atom. The van der Waals surface area contributed by atoms with Gasteiger partial charge in [-0.25, -0.2) is 4.98 Å². The molecule has 4 nitrogen and oxygen atoms in total. The Hall–Kier alpha value is -1.75. The van der Waals surface area contributed by atoms with Gasteiger partial charge in [0, 0.05) is 12.1 Å². The highest BCUT2D eigenvalue weighted by Gasteiger charge is 2.32. The van der Waals surface area contributed by atoms with Crippen LogP contribution in [0.5, 0.6) is 11.6 Å². The molecule has 0 bridgehead atoms. The molecule has 1 fully saturated rings. The lowest BCUT2D eigenvalue weighted by Gasteiger charge is -2.07. The normalized spacial score (nSPS) is 14.2. The maximum atomic E-state index is 11.9. The van der Waals surface area contributed by atoms with E-state index in [-0.39, 0.29) is 17.5 Å². The van der Waals surface area contributed by atoms with E-state index in [0.717, 1.165) is 12.8 Å². The Kier molecular flexibility index (Phi) is 3.29. The molecule has 2 aromatic rings. The average Bonchev–Trinajstić information content (AvgIpc) is 3.26. The first kappa shape index (κ1) is 12.3. The number of nitrogens with zero attached hydrogens (tertiary/aromatic N) is 2. The lowest BCUT2D eigenvalue weighted by atomic mass is 10.2. The number of para-hydroxylation sites is 1. The largest absolute Gasteiger partial charge is 0.438 e. The minimum Gasteiger partial charge on any atom is -0.438 e. The van der Waals surface area contributed by atoms with Gasteiger partial charge in [-0.3, -0.25) is 4.79 Å². The number of hydrogen-bond acceptors (Lipinski definition) is 4. The van der Waals surface area contributed by atoms with E-state index in [1.807, 2.05) is 30.3 Å². The lowest BCUT2D eigenvalue weighted by molar-refractivity contribution is 0.0956. The molecule has 19 heavy (non-hydrogen) atoms. The molecule has 1 aliphatic rings. The van der Waals surface area contributed by atoms with Crippen molar-refractivity contribution < 1.29 is 9.53 Å². The van der Waals surface area contributed by atoms with Crippen LogP contribution in [0.15, 0.2) is 41.0 Å². The monoisotopic (exact) mass is 318 g/mol. The second kappa shape index (κ2) is 5.09. The van der Waals surface area contributed by atoms with Crippen LogP contribution in [0.4, 0.5) is 0 Å². The molecule has 1 heterocycles. The summed E-state index contributed by atoms with van der Waals surface area (Å²) < 4.78 is 6.28. The molecule has 0 saturated heterocycles. The fraction of sp³-hybridized carbons (Fsp3) is 0.214. The summed E-state index contributed by atoms with van der Waals surface area (Å²) in [7, 11) is 0. The van der Waals surface area contributed by atoms with E-state index < -0.39 is 0 Å². The predicted octanol–water partition coefficient (Wildman–Crippen LogP) is 3.62. The van der Waals surface area contributed by atoms with Gasteiger partial charge in [-0.2, -0.15) is 4.98 Å². The van der Waals surface area contributed by atoms with Crippen LogP contribution >= 0.6 is 15.9 Å². The highest BCUT2D eigenvalue weighted by molar-refractivity contribution is 9.10. The van der Waals surface area contributed by atoms with E-state index in [1.54, 1.807) is 6.20 Å². The summed E-state index contributed by atoms with van der Waals surface area (Å²) in [6.45, 7) is 0. The van der Waals surface area contributed by atoms with Crippen molar-refractivity contribution in [2.45, 2.75) is 12.8 Å². The summed E-state index contributed by atoms with van der Waals surface area (Å²) in [5.41, 5.74) is 0. The number of benzene rings is 1. The quantitative estimate of drug-likeness (QED) is 0.808. The van der Waals surface area contributed by atoms with Crippen LogP contribution < -0.4 is 4.74 Å². The third-order valence-electron chi connectivity index (χ3n) is 2.84. The van der Waals surface area contributed by atoms with Gasteiger partial charge in [0.1, 0.15) is 5.75 Å². The van der Waals surface area contributed by atoms with E-state index in [2.05, 4.69) is 25.9 Å². The van der Waals surface area contributed by atoms with E-state index >= 15 is 0 Å². The lowest BCUT2D eigenvalue weighted by Crippen LogP contribution is -2.08. The van der Waals surface area contributed by atoms with Crippen molar-refractivity contribution in [1.29, 1.82) is 0 Å². The van der Waals surface area contributed by atoms with Gasteiger partial charge in [0.2, 0.25) is 11.7 Å². The van der Waals surface area contributed by atoms with Crippen LogP contribution in [0.1, 0.15) is 23.5 Å². The van der Waals surface area contributed by atoms with Crippen LogP contribution in [-0.4, -0.2) is 15.8 Å². The molecule has 0 unspecified atom stereocenters. The summed E-state index contributed by atoms with van der Waals surface area (Å²) in [5, 5.41) is 0. The van der Waals surface area contributed by atoms with Gasteiger partial charge < -0.3 is 4.74 Å². The van der Waals surface area contributed by atoms with Gasteiger partial charge in [-0.15, -0.1) is 0 Å². The Morgan fingerprint density at radius 3 is 2.68 bits per heavy atom. The summed E-state index contributed by atoms with van der Waals surface area (Å²) >= 11 is 3.33. The number of ether oxygens (including phenoxy) is 1. The summed E-state index contributed by atoms with van der Waals surface area (Å²) in [5.74, 6) is 1.38. The number of carbonyl (C=O) groups is 1. The Morgan fingerprint density at radius 1 is 1.26 bits per heavy atom. The van der Waals surface area contributed by atoms with Crippen LogP contribution in [0.3, 0.4) is 0 Å². The second-order valence-electron chi connectivity index (χ2n) is 4.40. The SMILES string of the molecule is O=C(c1ncc(Br)c(Oc2ccccc2)n1)C1CC1. The highest BCUT2D eigenvalue weighted by atomic mass is 79.9. The van der Waals surface area contributed by atoms with Gasteiger partial charge in [-0.1, -0.05) is 18.2 Å². The molecule has 96 valence electrons. The first-order valence-electron chi connectivity index (χ1n) is 6.03. The Bertz CT molecular complexity index is 612. The third-order valence-corrected chi connectivity index (χ3v) is 3.38. The first-order valence-corrected chi connectivity index (χ1v) is 6.83. The molecule has 5 heteroatoms. The maximum absolute atomic E-state index is 11.9. The molecule has 0 aliphatic heterocycles. The summed E-state index contributed by atoms with van der Waals surface area (Å²) in [4.78, 5) is 20.2. The summed E-state index contributed by atoms with van der Waals surface area (Å²) in [6, 6.07) is 9.32.